The van der Waals surface area contributed by atoms with E-state index in [0.717, 1.165) is 12.8 Å². The summed E-state index contributed by atoms with van der Waals surface area (Å²) in [5.41, 5.74) is 1.17. The number of hydrogen-bond acceptors (Lipinski definition) is 2. The maximum Gasteiger partial charge on any atom is 0.243 e. The van der Waals surface area contributed by atoms with Gasteiger partial charge in [-0.05, 0) is 43.4 Å². The molecule has 4 heteroatoms. The lowest BCUT2D eigenvalue weighted by Crippen LogP contribution is -2.33. The number of rotatable bonds is 3. The average Bonchev–Trinajstić information content (AvgIpc) is 2.76. The van der Waals surface area contributed by atoms with E-state index < -0.39 is 10.0 Å². The van der Waals surface area contributed by atoms with Gasteiger partial charge in [0.1, 0.15) is 0 Å². The van der Waals surface area contributed by atoms with Gasteiger partial charge in [-0.2, -0.15) is 4.31 Å². The minimum Gasteiger partial charge on any atom is -0.207 e. The molecular formula is C14H21NO2S. The lowest BCUT2D eigenvalue weighted by Gasteiger charge is -2.21. The zero-order chi connectivity index (χ0) is 13.3. The predicted octanol–water partition coefficient (Wildman–Crippen LogP) is 2.98. The highest BCUT2D eigenvalue weighted by molar-refractivity contribution is 7.89. The second-order valence-electron chi connectivity index (χ2n) is 5.33. The smallest absolute Gasteiger partial charge is 0.207 e. The van der Waals surface area contributed by atoms with Gasteiger partial charge in [0.15, 0.2) is 0 Å². The van der Waals surface area contributed by atoms with Crippen molar-refractivity contribution in [3.05, 3.63) is 29.8 Å². The first kappa shape index (κ1) is 13.6. The SMILES string of the molecule is CC(C)c1ccc(S(=O)(=O)N2CCC[C@@H]2C)cc1. The summed E-state index contributed by atoms with van der Waals surface area (Å²) >= 11 is 0. The predicted molar refractivity (Wildman–Crippen MR) is 73.1 cm³/mol. The van der Waals surface area contributed by atoms with Crippen LogP contribution in [0, 0.1) is 0 Å². The number of sulfonamides is 1. The maximum atomic E-state index is 12.5. The summed E-state index contributed by atoms with van der Waals surface area (Å²) in [6.07, 6.45) is 1.92. The molecule has 3 nitrogen and oxygen atoms in total. The monoisotopic (exact) mass is 267 g/mol. The van der Waals surface area contributed by atoms with Crippen molar-refractivity contribution < 1.29 is 8.42 Å². The second kappa shape index (κ2) is 5.02. The summed E-state index contributed by atoms with van der Waals surface area (Å²) in [6.45, 7) is 6.83. The number of nitrogens with zero attached hydrogens (tertiary/aromatic N) is 1. The van der Waals surface area contributed by atoms with Gasteiger partial charge in [0.05, 0.1) is 4.90 Å². The number of benzene rings is 1. The summed E-state index contributed by atoms with van der Waals surface area (Å²) in [7, 11) is -3.30. The van der Waals surface area contributed by atoms with Crippen molar-refractivity contribution in [1.82, 2.24) is 4.31 Å². The molecule has 0 spiro atoms. The van der Waals surface area contributed by atoms with Crippen molar-refractivity contribution in [1.29, 1.82) is 0 Å². The summed E-state index contributed by atoms with van der Waals surface area (Å²) in [5, 5.41) is 0. The largest absolute Gasteiger partial charge is 0.243 e. The molecule has 1 fully saturated rings. The van der Waals surface area contributed by atoms with Gasteiger partial charge in [-0.1, -0.05) is 26.0 Å². The standard InChI is InChI=1S/C14H21NO2S/c1-11(2)13-6-8-14(9-7-13)18(16,17)15-10-4-5-12(15)3/h6-9,11-12H,4-5,10H2,1-3H3/t12-/m0/s1. The molecule has 1 aliphatic rings. The molecule has 1 saturated heterocycles. The van der Waals surface area contributed by atoms with Crippen LogP contribution in [0.5, 0.6) is 0 Å². The Morgan fingerprint density at radius 3 is 2.28 bits per heavy atom. The van der Waals surface area contributed by atoms with Gasteiger partial charge in [-0.25, -0.2) is 8.42 Å². The van der Waals surface area contributed by atoms with E-state index in [1.807, 2.05) is 19.1 Å². The van der Waals surface area contributed by atoms with Gasteiger partial charge >= 0.3 is 0 Å². The Morgan fingerprint density at radius 1 is 1.22 bits per heavy atom. The molecule has 0 N–H and O–H groups in total. The van der Waals surface area contributed by atoms with E-state index in [1.165, 1.54) is 5.56 Å². The molecular weight excluding hydrogens is 246 g/mol. The van der Waals surface area contributed by atoms with Crippen molar-refractivity contribution in [2.75, 3.05) is 6.54 Å². The molecule has 0 unspecified atom stereocenters. The Balaban J connectivity index is 2.30. The lowest BCUT2D eigenvalue weighted by atomic mass is 10.0. The molecule has 2 rings (SSSR count). The van der Waals surface area contributed by atoms with Crippen molar-refractivity contribution in [3.63, 3.8) is 0 Å². The Labute approximate surface area is 110 Å². The molecule has 1 atom stereocenters. The Kier molecular flexibility index (Phi) is 3.78. The minimum atomic E-state index is -3.30. The van der Waals surface area contributed by atoms with Gasteiger partial charge in [0.2, 0.25) is 10.0 Å². The molecule has 18 heavy (non-hydrogen) atoms. The molecule has 1 aliphatic heterocycles. The molecule has 1 aromatic carbocycles. The molecule has 0 amide bonds. The van der Waals surface area contributed by atoms with E-state index in [9.17, 15) is 8.42 Å². The first-order valence-electron chi connectivity index (χ1n) is 6.54. The van der Waals surface area contributed by atoms with E-state index in [0.29, 0.717) is 17.4 Å². The zero-order valence-corrected chi connectivity index (χ0v) is 12.1. The fraction of sp³-hybridized carbons (Fsp3) is 0.571. The first-order chi connectivity index (χ1) is 8.43. The maximum absolute atomic E-state index is 12.5. The van der Waals surface area contributed by atoms with Crippen LogP contribution in [0.2, 0.25) is 0 Å². The third-order valence-electron chi connectivity index (χ3n) is 3.65. The molecule has 0 aliphatic carbocycles. The molecule has 0 radical (unpaired) electrons. The van der Waals surface area contributed by atoms with E-state index in [-0.39, 0.29) is 6.04 Å². The summed E-state index contributed by atoms with van der Waals surface area (Å²) in [6, 6.07) is 7.42. The van der Waals surface area contributed by atoms with Crippen LogP contribution in [0.4, 0.5) is 0 Å². The molecule has 0 bridgehead atoms. The van der Waals surface area contributed by atoms with Gasteiger partial charge in [0, 0.05) is 12.6 Å². The topological polar surface area (TPSA) is 37.4 Å². The fourth-order valence-corrected chi connectivity index (χ4v) is 4.12. The lowest BCUT2D eigenvalue weighted by molar-refractivity contribution is 0.408. The molecule has 100 valence electrons. The van der Waals surface area contributed by atoms with E-state index in [1.54, 1.807) is 16.4 Å². The highest BCUT2D eigenvalue weighted by atomic mass is 32.2. The highest BCUT2D eigenvalue weighted by Crippen LogP contribution is 2.26. The second-order valence-corrected chi connectivity index (χ2v) is 7.22. The number of hydrogen-bond donors (Lipinski definition) is 0. The fourth-order valence-electron chi connectivity index (χ4n) is 2.42. The molecule has 1 aromatic rings. The quantitative estimate of drug-likeness (QED) is 0.844. The van der Waals surface area contributed by atoms with Crippen LogP contribution in [0.15, 0.2) is 29.2 Å². The van der Waals surface area contributed by atoms with E-state index >= 15 is 0 Å². The molecule has 0 aromatic heterocycles. The van der Waals surface area contributed by atoms with Gasteiger partial charge in [-0.15, -0.1) is 0 Å². The highest BCUT2D eigenvalue weighted by Gasteiger charge is 2.32. The van der Waals surface area contributed by atoms with Crippen LogP contribution < -0.4 is 0 Å². The Hall–Kier alpha value is -0.870. The van der Waals surface area contributed by atoms with Crippen molar-refractivity contribution in [3.8, 4) is 0 Å². The minimum absolute atomic E-state index is 0.125. The van der Waals surface area contributed by atoms with Crippen molar-refractivity contribution in [2.24, 2.45) is 0 Å². The van der Waals surface area contributed by atoms with E-state index in [4.69, 9.17) is 0 Å². The summed E-state index contributed by atoms with van der Waals surface area (Å²) in [5.74, 6) is 0.424. The molecule has 1 heterocycles. The normalized spacial score (nSPS) is 21.7. The van der Waals surface area contributed by atoms with Crippen LogP contribution in [0.25, 0.3) is 0 Å². The van der Waals surface area contributed by atoms with E-state index in [2.05, 4.69) is 13.8 Å². The van der Waals surface area contributed by atoms with Gasteiger partial charge < -0.3 is 0 Å². The molecule has 0 saturated carbocycles. The Bertz CT molecular complexity index is 505. The van der Waals surface area contributed by atoms with Crippen LogP contribution in [-0.2, 0) is 10.0 Å². The Morgan fingerprint density at radius 2 is 1.83 bits per heavy atom. The third kappa shape index (κ3) is 2.45. The van der Waals surface area contributed by atoms with Crippen molar-refractivity contribution >= 4 is 10.0 Å². The van der Waals surface area contributed by atoms with Crippen LogP contribution >= 0.6 is 0 Å². The summed E-state index contributed by atoms with van der Waals surface area (Å²) in [4.78, 5) is 0.417. The van der Waals surface area contributed by atoms with Crippen molar-refractivity contribution in [2.45, 2.75) is 50.5 Å². The zero-order valence-electron chi connectivity index (χ0n) is 11.3. The third-order valence-corrected chi connectivity index (χ3v) is 5.67. The van der Waals surface area contributed by atoms with Crippen LogP contribution in [0.1, 0.15) is 45.1 Å². The summed E-state index contributed by atoms with van der Waals surface area (Å²) < 4.78 is 26.5. The van der Waals surface area contributed by atoms with Gasteiger partial charge in [-0.3, -0.25) is 0 Å². The van der Waals surface area contributed by atoms with Crippen LogP contribution in [-0.4, -0.2) is 25.3 Å². The van der Waals surface area contributed by atoms with Gasteiger partial charge in [0.25, 0.3) is 0 Å². The van der Waals surface area contributed by atoms with Crippen LogP contribution in [0.3, 0.4) is 0 Å². The average molecular weight is 267 g/mol. The first-order valence-corrected chi connectivity index (χ1v) is 7.98.